The quantitative estimate of drug-likeness (QED) is 0.590. The molecular formula is C15H28N4O. The standard InChI is InChI=1S/C15H28N4O/c1-12-5-3-4-10-19(12)14(20)8-9-17-15(16-2)18-11-13-6-7-13/h12-13H,3-11H2,1-2H3,(H2,16,17,18). The highest BCUT2D eigenvalue weighted by Crippen LogP contribution is 2.27. The van der Waals surface area contributed by atoms with Gasteiger partial charge in [0.15, 0.2) is 5.96 Å². The summed E-state index contributed by atoms with van der Waals surface area (Å²) >= 11 is 0. The number of nitrogens with one attached hydrogen (secondary N) is 2. The van der Waals surface area contributed by atoms with Crippen LogP contribution < -0.4 is 10.6 Å². The Hall–Kier alpha value is -1.26. The van der Waals surface area contributed by atoms with Gasteiger partial charge in [-0.25, -0.2) is 0 Å². The third-order valence-corrected chi connectivity index (χ3v) is 4.23. The van der Waals surface area contributed by atoms with Crippen LogP contribution in [0, 0.1) is 5.92 Å². The highest BCUT2D eigenvalue weighted by atomic mass is 16.2. The Bertz CT molecular complexity index is 352. The Kier molecular flexibility index (Phi) is 5.68. The van der Waals surface area contributed by atoms with E-state index in [1.165, 1.54) is 19.3 Å². The number of hydrogen-bond donors (Lipinski definition) is 2. The van der Waals surface area contributed by atoms with Crippen LogP contribution in [0.25, 0.3) is 0 Å². The minimum Gasteiger partial charge on any atom is -0.356 e. The molecule has 1 saturated carbocycles. The van der Waals surface area contributed by atoms with Gasteiger partial charge >= 0.3 is 0 Å². The van der Waals surface area contributed by atoms with Crippen molar-refractivity contribution in [1.82, 2.24) is 15.5 Å². The lowest BCUT2D eigenvalue weighted by atomic mass is 10.0. The molecule has 0 aromatic carbocycles. The highest BCUT2D eigenvalue weighted by molar-refractivity contribution is 5.81. The molecule has 2 N–H and O–H groups in total. The Balaban J connectivity index is 1.64. The molecule has 1 atom stereocenters. The van der Waals surface area contributed by atoms with E-state index in [0.29, 0.717) is 19.0 Å². The summed E-state index contributed by atoms with van der Waals surface area (Å²) in [4.78, 5) is 18.4. The number of hydrogen-bond acceptors (Lipinski definition) is 2. The molecule has 114 valence electrons. The molecule has 0 spiro atoms. The van der Waals surface area contributed by atoms with E-state index in [2.05, 4.69) is 22.5 Å². The molecular weight excluding hydrogens is 252 g/mol. The fourth-order valence-electron chi connectivity index (χ4n) is 2.68. The van der Waals surface area contributed by atoms with Gasteiger partial charge in [0, 0.05) is 39.1 Å². The number of piperidine rings is 1. The molecule has 1 saturated heterocycles. The molecule has 5 heteroatoms. The van der Waals surface area contributed by atoms with Crippen LogP contribution in [0.5, 0.6) is 0 Å². The second-order valence-corrected chi connectivity index (χ2v) is 6.01. The van der Waals surface area contributed by atoms with Crippen LogP contribution in [0.2, 0.25) is 0 Å². The summed E-state index contributed by atoms with van der Waals surface area (Å²) in [6, 6.07) is 0.406. The first kappa shape index (κ1) is 15.1. The lowest BCUT2D eigenvalue weighted by Gasteiger charge is -2.33. The van der Waals surface area contributed by atoms with Gasteiger partial charge in [-0.05, 0) is 44.9 Å². The van der Waals surface area contributed by atoms with E-state index in [1.807, 2.05) is 4.90 Å². The first-order valence-corrected chi connectivity index (χ1v) is 7.94. The predicted octanol–water partition coefficient (Wildman–Crippen LogP) is 1.35. The van der Waals surface area contributed by atoms with Gasteiger partial charge < -0.3 is 15.5 Å². The number of nitrogens with zero attached hydrogens (tertiary/aromatic N) is 2. The van der Waals surface area contributed by atoms with Crippen molar-refractivity contribution in [2.45, 2.75) is 51.5 Å². The molecule has 2 rings (SSSR count). The van der Waals surface area contributed by atoms with Gasteiger partial charge in [0.1, 0.15) is 0 Å². The summed E-state index contributed by atoms with van der Waals surface area (Å²) in [5.41, 5.74) is 0. The molecule has 1 unspecified atom stereocenters. The van der Waals surface area contributed by atoms with Crippen molar-refractivity contribution < 1.29 is 4.79 Å². The Morgan fingerprint density at radius 3 is 2.70 bits per heavy atom. The van der Waals surface area contributed by atoms with Gasteiger partial charge in [0.05, 0.1) is 0 Å². The van der Waals surface area contributed by atoms with E-state index >= 15 is 0 Å². The fourth-order valence-corrected chi connectivity index (χ4v) is 2.68. The van der Waals surface area contributed by atoms with Gasteiger partial charge in [0.2, 0.25) is 5.91 Å². The zero-order valence-electron chi connectivity index (χ0n) is 12.8. The van der Waals surface area contributed by atoms with Crippen molar-refractivity contribution in [1.29, 1.82) is 0 Å². The van der Waals surface area contributed by atoms with E-state index in [1.54, 1.807) is 7.05 Å². The Labute approximate surface area is 122 Å². The molecule has 0 bridgehead atoms. The molecule has 2 fully saturated rings. The molecule has 1 amide bonds. The first-order valence-electron chi connectivity index (χ1n) is 7.94. The van der Waals surface area contributed by atoms with Crippen molar-refractivity contribution in [2.75, 3.05) is 26.7 Å². The maximum absolute atomic E-state index is 12.2. The van der Waals surface area contributed by atoms with Gasteiger partial charge in [0.25, 0.3) is 0 Å². The number of rotatable bonds is 5. The average molecular weight is 280 g/mol. The van der Waals surface area contributed by atoms with E-state index in [-0.39, 0.29) is 5.91 Å². The van der Waals surface area contributed by atoms with Crippen molar-refractivity contribution in [3.05, 3.63) is 0 Å². The van der Waals surface area contributed by atoms with Gasteiger partial charge in [-0.15, -0.1) is 0 Å². The number of amides is 1. The molecule has 0 aromatic rings. The van der Waals surface area contributed by atoms with Gasteiger partial charge in [-0.2, -0.15) is 0 Å². The summed E-state index contributed by atoms with van der Waals surface area (Å²) in [5.74, 6) is 1.91. The lowest BCUT2D eigenvalue weighted by molar-refractivity contribution is -0.134. The molecule has 1 aliphatic heterocycles. The van der Waals surface area contributed by atoms with Gasteiger partial charge in [-0.1, -0.05) is 0 Å². The number of likely N-dealkylation sites (tertiary alicyclic amines) is 1. The Morgan fingerprint density at radius 2 is 2.05 bits per heavy atom. The summed E-state index contributed by atoms with van der Waals surface area (Å²) in [6.07, 6.45) is 6.75. The average Bonchev–Trinajstić information content (AvgIpc) is 3.27. The maximum atomic E-state index is 12.2. The monoisotopic (exact) mass is 280 g/mol. The van der Waals surface area contributed by atoms with Crippen molar-refractivity contribution >= 4 is 11.9 Å². The minimum atomic E-state index is 0.266. The summed E-state index contributed by atoms with van der Waals surface area (Å²) in [7, 11) is 1.77. The SMILES string of the molecule is CN=C(NCCC(=O)N1CCCCC1C)NCC1CC1. The molecule has 1 heterocycles. The van der Waals surface area contributed by atoms with Crippen LogP contribution in [0.1, 0.15) is 45.4 Å². The second kappa shape index (κ2) is 7.50. The molecule has 2 aliphatic rings. The minimum absolute atomic E-state index is 0.266. The smallest absolute Gasteiger partial charge is 0.224 e. The lowest BCUT2D eigenvalue weighted by Crippen LogP contribution is -2.44. The van der Waals surface area contributed by atoms with E-state index < -0.39 is 0 Å². The normalized spacial score (nSPS) is 23.6. The number of carbonyl (C=O) groups is 1. The second-order valence-electron chi connectivity index (χ2n) is 6.01. The van der Waals surface area contributed by atoms with Crippen LogP contribution in [0.3, 0.4) is 0 Å². The van der Waals surface area contributed by atoms with E-state index in [0.717, 1.165) is 37.8 Å². The van der Waals surface area contributed by atoms with Crippen LogP contribution in [0.4, 0.5) is 0 Å². The van der Waals surface area contributed by atoms with Crippen molar-refractivity contribution in [2.24, 2.45) is 10.9 Å². The van der Waals surface area contributed by atoms with E-state index in [4.69, 9.17) is 0 Å². The predicted molar refractivity (Wildman–Crippen MR) is 81.7 cm³/mol. The van der Waals surface area contributed by atoms with Crippen LogP contribution in [-0.4, -0.2) is 49.5 Å². The zero-order valence-corrected chi connectivity index (χ0v) is 12.8. The van der Waals surface area contributed by atoms with Crippen LogP contribution in [0.15, 0.2) is 4.99 Å². The first-order chi connectivity index (χ1) is 9.70. The van der Waals surface area contributed by atoms with Crippen molar-refractivity contribution in [3.63, 3.8) is 0 Å². The zero-order chi connectivity index (χ0) is 14.4. The molecule has 0 aromatic heterocycles. The number of guanidine groups is 1. The topological polar surface area (TPSA) is 56.7 Å². The van der Waals surface area contributed by atoms with Crippen molar-refractivity contribution in [3.8, 4) is 0 Å². The number of carbonyl (C=O) groups excluding carboxylic acids is 1. The largest absolute Gasteiger partial charge is 0.356 e. The fraction of sp³-hybridized carbons (Fsp3) is 0.867. The van der Waals surface area contributed by atoms with Gasteiger partial charge in [-0.3, -0.25) is 9.79 Å². The number of aliphatic imine (C=N–C) groups is 1. The van der Waals surface area contributed by atoms with Crippen LogP contribution in [-0.2, 0) is 4.79 Å². The Morgan fingerprint density at radius 1 is 1.25 bits per heavy atom. The van der Waals surface area contributed by atoms with E-state index in [9.17, 15) is 4.79 Å². The summed E-state index contributed by atoms with van der Waals surface area (Å²) < 4.78 is 0. The maximum Gasteiger partial charge on any atom is 0.224 e. The molecule has 5 nitrogen and oxygen atoms in total. The third-order valence-electron chi connectivity index (χ3n) is 4.23. The summed E-state index contributed by atoms with van der Waals surface area (Å²) in [6.45, 7) is 4.73. The third kappa shape index (κ3) is 4.69. The summed E-state index contributed by atoms with van der Waals surface area (Å²) in [5, 5.41) is 6.54. The molecule has 1 aliphatic carbocycles. The molecule has 0 radical (unpaired) electrons. The highest BCUT2D eigenvalue weighted by Gasteiger charge is 2.23. The van der Waals surface area contributed by atoms with Crippen LogP contribution >= 0.6 is 0 Å². The molecule has 20 heavy (non-hydrogen) atoms.